The van der Waals surface area contributed by atoms with E-state index in [1.807, 2.05) is 40.7 Å². The first kappa shape index (κ1) is 80.7. The van der Waals surface area contributed by atoms with Gasteiger partial charge in [0.05, 0.1) is 25.2 Å². The molecule has 6 atom stereocenters. The van der Waals surface area contributed by atoms with Crippen molar-refractivity contribution in [2.45, 2.75) is 180 Å². The van der Waals surface area contributed by atoms with Gasteiger partial charge in [0.2, 0.25) is 30.0 Å². The van der Waals surface area contributed by atoms with E-state index in [0.29, 0.717) is 47.7 Å². The van der Waals surface area contributed by atoms with Crippen molar-refractivity contribution in [3.8, 4) is 12.1 Å². The minimum Gasteiger partial charge on any atom is -0.350 e. The van der Waals surface area contributed by atoms with Gasteiger partial charge in [-0.3, -0.25) is 43.7 Å². The van der Waals surface area contributed by atoms with Crippen LogP contribution < -0.4 is 21.3 Å². The zero-order valence-corrected chi connectivity index (χ0v) is 51.9. The molecular formula is C60H90F7N11O6. The molecule has 2 aliphatic rings. The molecule has 0 radical (unpaired) electrons. The number of amides is 6. The van der Waals surface area contributed by atoms with Crippen molar-refractivity contribution in [1.29, 1.82) is 10.5 Å². The SMILES string of the molecule is CC.CC.CC(C)C.CC(C)C.CC(F)(F)F.CC1CCN(C(=O)CNC(=O)C(F)(F)F)C1C(=O)NC(C#N)c1cncc2cc(F)ccc12.CC1CCN(C(=O)CNC=O)C1C(=O)NC(C#N)c1cncc2ccncc12.CCC.CCC. The van der Waals surface area contributed by atoms with Gasteiger partial charge >= 0.3 is 18.3 Å². The lowest BCUT2D eigenvalue weighted by Crippen LogP contribution is -2.52. The normalized spacial score (nSPS) is 16.2. The summed E-state index contributed by atoms with van der Waals surface area (Å²) in [5.74, 6) is -3.76. The smallest absolute Gasteiger partial charge is 0.350 e. The molecule has 0 bridgehead atoms. The van der Waals surface area contributed by atoms with Crippen molar-refractivity contribution in [3.63, 3.8) is 0 Å². The van der Waals surface area contributed by atoms with Crippen LogP contribution in [0.15, 0.2) is 61.4 Å². The van der Waals surface area contributed by atoms with Gasteiger partial charge < -0.3 is 31.1 Å². The second-order valence-electron chi connectivity index (χ2n) is 20.0. The lowest BCUT2D eigenvalue weighted by atomic mass is 9.99. The molecule has 470 valence electrons. The molecule has 4 aromatic rings. The van der Waals surface area contributed by atoms with E-state index in [9.17, 15) is 70.0 Å². The Bertz CT molecular complexity index is 2640. The maximum atomic E-state index is 13.5. The Kier molecular flexibility index (Phi) is 41.5. The number of hydrogen-bond donors (Lipinski definition) is 4. The number of fused-ring (bicyclic) bond motifs is 2. The first-order valence-electron chi connectivity index (χ1n) is 28.2. The standard InChI is InChI=1S/C21H19F4N5O3.C19H20N6O3.2C4H10.2C3H8.C2H3F3.2C2H6/c1-11-4-5-30(17(31)10-28-20(33)21(23,24)25)18(11)19(32)29-16(7-26)15-9-27-8-12-6-13(22)2-3-14(12)15;1-12-3-5-25(17(27)10-23-11-26)18(12)19(28)24-16(6-20)15-9-22-7-13-2-4-21-8-14(13)15;2*1-4(2)3;2*1-3-2;1-2(3,4)5;2*1-2/h2-3,6,8-9,11,16,18H,4-5,10H2,1H3,(H,28,33)(H,29,32);2,4,7-9,11-12,16,18H,3,5,10H2,1H3,(H,23,26)(H,24,28);2*4H,1-3H3;2*3H2,1-2H3;1H3;2*1-2H3. The summed E-state index contributed by atoms with van der Waals surface area (Å²) in [7, 11) is 0. The summed E-state index contributed by atoms with van der Waals surface area (Å²) in [6.07, 6.45) is 4.11. The molecular weight excluding hydrogens is 1100 g/mol. The maximum absolute atomic E-state index is 13.5. The van der Waals surface area contributed by atoms with Crippen LogP contribution in [-0.2, 0) is 28.8 Å². The Morgan fingerprint density at radius 2 is 1.05 bits per heavy atom. The van der Waals surface area contributed by atoms with E-state index in [-0.39, 0.29) is 37.8 Å². The molecule has 6 rings (SSSR count). The van der Waals surface area contributed by atoms with Crippen molar-refractivity contribution in [1.82, 2.24) is 46.0 Å². The lowest BCUT2D eigenvalue weighted by Gasteiger charge is -2.27. The summed E-state index contributed by atoms with van der Waals surface area (Å²) < 4.78 is 81.7. The fraction of sp³-hybridized carbons (Fsp3) is 0.583. The molecule has 3 aromatic heterocycles. The quantitative estimate of drug-likeness (QED) is 0.0813. The van der Waals surface area contributed by atoms with Gasteiger partial charge in [-0.2, -0.15) is 36.9 Å². The highest BCUT2D eigenvalue weighted by molar-refractivity contribution is 5.93. The summed E-state index contributed by atoms with van der Waals surface area (Å²) in [5.41, 5.74) is 0.872. The number of aromatic nitrogens is 3. The van der Waals surface area contributed by atoms with Gasteiger partial charge in [-0.15, -0.1) is 0 Å². The summed E-state index contributed by atoms with van der Waals surface area (Å²) in [6, 6.07) is 5.87. The molecule has 6 amide bonds. The molecule has 17 nitrogen and oxygen atoms in total. The van der Waals surface area contributed by atoms with E-state index >= 15 is 0 Å². The Hall–Kier alpha value is -7.50. The second-order valence-corrected chi connectivity index (χ2v) is 20.0. The number of halogens is 7. The van der Waals surface area contributed by atoms with Crippen molar-refractivity contribution in [2.24, 2.45) is 23.7 Å². The number of nitrogens with zero attached hydrogens (tertiary/aromatic N) is 7. The molecule has 5 heterocycles. The first-order valence-corrected chi connectivity index (χ1v) is 28.2. The third-order valence-corrected chi connectivity index (χ3v) is 10.4. The van der Waals surface area contributed by atoms with Gasteiger partial charge in [0.15, 0.2) is 0 Å². The Morgan fingerprint density at radius 3 is 1.44 bits per heavy atom. The van der Waals surface area contributed by atoms with Crippen LogP contribution in [0.2, 0.25) is 0 Å². The third-order valence-electron chi connectivity index (χ3n) is 10.4. The van der Waals surface area contributed by atoms with Crippen molar-refractivity contribution < 1.29 is 59.5 Å². The molecule has 0 spiro atoms. The minimum atomic E-state index is -5.13. The van der Waals surface area contributed by atoms with Crippen LogP contribution >= 0.6 is 0 Å². The van der Waals surface area contributed by atoms with Crippen LogP contribution in [0, 0.1) is 52.2 Å². The average Bonchev–Trinajstić information content (AvgIpc) is 4.02. The van der Waals surface area contributed by atoms with Crippen molar-refractivity contribution >= 4 is 57.5 Å². The summed E-state index contributed by atoms with van der Waals surface area (Å²) >= 11 is 0. The number of likely N-dealkylation sites (tertiary alicyclic amines) is 2. The van der Waals surface area contributed by atoms with Crippen LogP contribution in [-0.4, -0.2) is 111 Å². The Labute approximate surface area is 492 Å². The minimum absolute atomic E-state index is 0.0631. The van der Waals surface area contributed by atoms with Crippen molar-refractivity contribution in [3.05, 3.63) is 78.4 Å². The van der Waals surface area contributed by atoms with E-state index in [1.165, 1.54) is 59.8 Å². The second kappa shape index (κ2) is 43.2. The predicted molar refractivity (Wildman–Crippen MR) is 313 cm³/mol. The first-order chi connectivity index (χ1) is 39.4. The molecule has 0 saturated carbocycles. The number of nitriles is 2. The van der Waals surface area contributed by atoms with Gasteiger partial charge in [-0.05, 0) is 60.1 Å². The van der Waals surface area contributed by atoms with Crippen LogP contribution in [0.25, 0.3) is 21.5 Å². The molecule has 0 aliphatic carbocycles. The molecule has 2 aliphatic heterocycles. The highest BCUT2D eigenvalue weighted by Gasteiger charge is 2.43. The van der Waals surface area contributed by atoms with E-state index < -0.39 is 72.5 Å². The Morgan fingerprint density at radius 1 is 0.655 bits per heavy atom. The highest BCUT2D eigenvalue weighted by atomic mass is 19.4. The number of hydrogen-bond acceptors (Lipinski definition) is 11. The number of alkyl halides is 6. The van der Waals surface area contributed by atoms with Gasteiger partial charge in [-0.1, -0.05) is 130 Å². The summed E-state index contributed by atoms with van der Waals surface area (Å²) in [6.45, 7) is 32.7. The largest absolute Gasteiger partial charge is 0.471 e. The Balaban J connectivity index is -0.00000115. The zero-order chi connectivity index (χ0) is 65.5. The number of nitrogens with one attached hydrogen (secondary N) is 4. The highest BCUT2D eigenvalue weighted by Crippen LogP contribution is 2.29. The number of pyridine rings is 3. The van der Waals surface area contributed by atoms with Crippen LogP contribution in [0.3, 0.4) is 0 Å². The lowest BCUT2D eigenvalue weighted by molar-refractivity contribution is -0.174. The summed E-state index contributed by atoms with van der Waals surface area (Å²) in [4.78, 5) is 86.8. The van der Waals surface area contributed by atoms with Crippen LogP contribution in [0.4, 0.5) is 30.7 Å². The number of carbonyl (C=O) groups excluding carboxylic acids is 6. The monoisotopic (exact) mass is 1190 g/mol. The van der Waals surface area contributed by atoms with E-state index in [4.69, 9.17) is 0 Å². The van der Waals surface area contributed by atoms with E-state index in [0.717, 1.165) is 27.5 Å². The molecule has 84 heavy (non-hydrogen) atoms. The van der Waals surface area contributed by atoms with E-state index in [2.05, 4.69) is 106 Å². The van der Waals surface area contributed by atoms with Gasteiger partial charge in [0.1, 0.15) is 30.0 Å². The number of benzene rings is 1. The molecule has 4 N–H and O–H groups in total. The van der Waals surface area contributed by atoms with Crippen molar-refractivity contribution in [2.75, 3.05) is 26.2 Å². The molecule has 1 aromatic carbocycles. The molecule has 24 heteroatoms. The summed E-state index contributed by atoms with van der Waals surface area (Å²) in [5, 5.41) is 30.9. The number of rotatable bonds is 11. The predicted octanol–water partition coefficient (Wildman–Crippen LogP) is 12.0. The molecule has 6 unspecified atom stereocenters. The average molecular weight is 1190 g/mol. The number of carbonyl (C=O) groups is 6. The van der Waals surface area contributed by atoms with Gasteiger partial charge in [0.25, 0.3) is 0 Å². The van der Waals surface area contributed by atoms with Crippen LogP contribution in [0.1, 0.15) is 167 Å². The van der Waals surface area contributed by atoms with E-state index in [1.54, 1.807) is 31.6 Å². The van der Waals surface area contributed by atoms with Crippen LogP contribution in [0.5, 0.6) is 0 Å². The third kappa shape index (κ3) is 31.2. The topological polar surface area (TPSA) is 243 Å². The fourth-order valence-corrected chi connectivity index (χ4v) is 7.31. The maximum Gasteiger partial charge on any atom is 0.471 e. The zero-order valence-electron chi connectivity index (χ0n) is 51.9. The molecule has 2 fully saturated rings. The fourth-order valence-electron chi connectivity index (χ4n) is 7.31. The van der Waals surface area contributed by atoms with Gasteiger partial charge in [0, 0.05) is 84.5 Å². The molecule has 2 saturated heterocycles. The van der Waals surface area contributed by atoms with Gasteiger partial charge in [-0.25, -0.2) is 4.39 Å².